The van der Waals surface area contributed by atoms with Gasteiger partial charge in [0.25, 0.3) is 11.8 Å². The standard InChI is InChI=1S/C29H25BrCl2N2O6/c1-3-10-39-25-8-4-17(11-26(25)38-2)15-34-28(36)22(27(35)33-29(34)37)13-19-12-20(30)6-9-24(19)40-16-18-5-7-21(31)14-23(18)32/h4-9,11-14H,3,10,15-16H2,1-2H3,(H,33,35,37)/b22-13+. The topological polar surface area (TPSA) is 94.2 Å². The van der Waals surface area contributed by atoms with E-state index in [4.69, 9.17) is 37.4 Å². The largest absolute Gasteiger partial charge is 0.493 e. The van der Waals surface area contributed by atoms with Crippen LogP contribution in [0.1, 0.15) is 30.0 Å². The molecule has 4 amide bonds. The summed E-state index contributed by atoms with van der Waals surface area (Å²) in [6.45, 7) is 2.55. The van der Waals surface area contributed by atoms with E-state index in [0.717, 1.165) is 11.3 Å². The van der Waals surface area contributed by atoms with E-state index in [1.54, 1.807) is 54.6 Å². The molecule has 0 radical (unpaired) electrons. The molecular formula is C29H25BrCl2N2O6. The van der Waals surface area contributed by atoms with Crippen molar-refractivity contribution in [2.24, 2.45) is 0 Å². The number of hydrogen-bond donors (Lipinski definition) is 1. The van der Waals surface area contributed by atoms with E-state index in [1.807, 2.05) is 6.92 Å². The highest BCUT2D eigenvalue weighted by atomic mass is 79.9. The Morgan fingerprint density at radius 2 is 1.73 bits per heavy atom. The number of ether oxygens (including phenoxy) is 3. The number of nitrogens with one attached hydrogen (secondary N) is 1. The zero-order valence-corrected chi connectivity index (χ0v) is 24.7. The minimum atomic E-state index is -0.819. The number of benzene rings is 3. The second-order valence-electron chi connectivity index (χ2n) is 8.75. The first-order valence-corrected chi connectivity index (χ1v) is 13.8. The van der Waals surface area contributed by atoms with E-state index in [2.05, 4.69) is 21.2 Å². The molecule has 0 spiro atoms. The van der Waals surface area contributed by atoms with Crippen molar-refractivity contribution in [1.29, 1.82) is 0 Å². The zero-order valence-electron chi connectivity index (χ0n) is 21.6. The number of imide groups is 2. The molecule has 0 atom stereocenters. The number of halogens is 3. The zero-order chi connectivity index (χ0) is 28.8. The summed E-state index contributed by atoms with van der Waals surface area (Å²) in [7, 11) is 1.51. The summed E-state index contributed by atoms with van der Waals surface area (Å²) in [6.07, 6.45) is 2.22. The number of nitrogens with zero attached hydrogens (tertiary/aromatic N) is 1. The average molecular weight is 648 g/mol. The van der Waals surface area contributed by atoms with Crippen LogP contribution in [0.25, 0.3) is 6.08 Å². The summed E-state index contributed by atoms with van der Waals surface area (Å²) >= 11 is 15.7. The Balaban J connectivity index is 1.59. The minimum absolute atomic E-state index is 0.0867. The predicted molar refractivity (Wildman–Crippen MR) is 156 cm³/mol. The Hall–Kier alpha value is -3.53. The van der Waals surface area contributed by atoms with Gasteiger partial charge in [0.2, 0.25) is 0 Å². The van der Waals surface area contributed by atoms with Crippen LogP contribution in [0.5, 0.6) is 17.2 Å². The van der Waals surface area contributed by atoms with Gasteiger partial charge in [0.15, 0.2) is 11.5 Å². The van der Waals surface area contributed by atoms with Crippen LogP contribution in [0, 0.1) is 0 Å². The fourth-order valence-electron chi connectivity index (χ4n) is 3.88. The molecule has 3 aromatic rings. The van der Waals surface area contributed by atoms with Gasteiger partial charge in [-0.2, -0.15) is 0 Å². The maximum absolute atomic E-state index is 13.4. The molecule has 1 heterocycles. The number of carbonyl (C=O) groups excluding carboxylic acids is 3. The molecule has 0 aromatic heterocycles. The van der Waals surface area contributed by atoms with Crippen molar-refractivity contribution in [2.45, 2.75) is 26.5 Å². The van der Waals surface area contributed by atoms with Gasteiger partial charge < -0.3 is 14.2 Å². The molecule has 1 aliphatic rings. The second-order valence-corrected chi connectivity index (χ2v) is 10.5. The maximum Gasteiger partial charge on any atom is 0.331 e. The van der Waals surface area contributed by atoms with Crippen LogP contribution in [0.2, 0.25) is 10.0 Å². The molecular weight excluding hydrogens is 623 g/mol. The van der Waals surface area contributed by atoms with Crippen LogP contribution < -0.4 is 19.5 Å². The molecule has 1 saturated heterocycles. The molecule has 208 valence electrons. The van der Waals surface area contributed by atoms with Gasteiger partial charge in [-0.25, -0.2) is 4.79 Å². The number of amides is 4. The monoisotopic (exact) mass is 646 g/mol. The van der Waals surface area contributed by atoms with Crippen molar-refractivity contribution in [2.75, 3.05) is 13.7 Å². The van der Waals surface area contributed by atoms with Crippen LogP contribution >= 0.6 is 39.1 Å². The normalized spacial score (nSPS) is 14.4. The molecule has 0 saturated carbocycles. The number of rotatable bonds is 10. The van der Waals surface area contributed by atoms with Crippen molar-refractivity contribution in [3.05, 3.63) is 91.4 Å². The van der Waals surface area contributed by atoms with Crippen LogP contribution in [-0.4, -0.2) is 36.5 Å². The number of hydrogen-bond acceptors (Lipinski definition) is 6. The fourth-order valence-corrected chi connectivity index (χ4v) is 4.72. The van der Waals surface area contributed by atoms with Gasteiger partial charge in [-0.05, 0) is 60.5 Å². The lowest BCUT2D eigenvalue weighted by molar-refractivity contribution is -0.130. The Morgan fingerprint density at radius 3 is 2.45 bits per heavy atom. The molecule has 1 fully saturated rings. The third kappa shape index (κ3) is 6.96. The van der Waals surface area contributed by atoms with E-state index in [9.17, 15) is 14.4 Å². The molecule has 11 heteroatoms. The highest BCUT2D eigenvalue weighted by molar-refractivity contribution is 9.10. The number of methoxy groups -OCH3 is 1. The number of urea groups is 1. The summed E-state index contributed by atoms with van der Waals surface area (Å²) in [5.41, 5.74) is 1.55. The predicted octanol–water partition coefficient (Wildman–Crippen LogP) is 6.79. The van der Waals surface area contributed by atoms with E-state index in [0.29, 0.717) is 55.1 Å². The maximum atomic E-state index is 13.4. The number of carbonyl (C=O) groups is 3. The summed E-state index contributed by atoms with van der Waals surface area (Å²) in [5.74, 6) is -0.123. The molecule has 3 aromatic carbocycles. The quantitative estimate of drug-likeness (QED) is 0.192. The highest BCUT2D eigenvalue weighted by Crippen LogP contribution is 2.31. The van der Waals surface area contributed by atoms with E-state index in [-0.39, 0.29) is 18.7 Å². The third-order valence-corrected chi connectivity index (χ3v) is 6.97. The van der Waals surface area contributed by atoms with E-state index in [1.165, 1.54) is 13.2 Å². The number of barbiturate groups is 1. The molecule has 0 bridgehead atoms. The highest BCUT2D eigenvalue weighted by Gasteiger charge is 2.36. The van der Waals surface area contributed by atoms with Crippen molar-refractivity contribution < 1.29 is 28.6 Å². The summed E-state index contributed by atoms with van der Waals surface area (Å²) in [6, 6.07) is 14.6. The van der Waals surface area contributed by atoms with Crippen molar-refractivity contribution in [3.63, 3.8) is 0 Å². The van der Waals surface area contributed by atoms with E-state index >= 15 is 0 Å². The second kappa shape index (κ2) is 13.2. The smallest absolute Gasteiger partial charge is 0.331 e. The van der Waals surface area contributed by atoms with Gasteiger partial charge in [-0.3, -0.25) is 19.8 Å². The molecule has 0 aliphatic carbocycles. The van der Waals surface area contributed by atoms with Crippen molar-refractivity contribution in [1.82, 2.24) is 10.2 Å². The fraction of sp³-hybridized carbons (Fsp3) is 0.207. The van der Waals surface area contributed by atoms with E-state index < -0.39 is 17.8 Å². The Morgan fingerprint density at radius 1 is 0.950 bits per heavy atom. The molecule has 40 heavy (non-hydrogen) atoms. The van der Waals surface area contributed by atoms with Crippen LogP contribution in [0.3, 0.4) is 0 Å². The molecule has 8 nitrogen and oxygen atoms in total. The first kappa shape index (κ1) is 29.5. The van der Waals surface area contributed by atoms with Crippen LogP contribution in [0.15, 0.2) is 64.6 Å². The minimum Gasteiger partial charge on any atom is -0.493 e. The lowest BCUT2D eigenvalue weighted by Crippen LogP contribution is -2.53. The van der Waals surface area contributed by atoms with Gasteiger partial charge in [-0.15, -0.1) is 0 Å². The van der Waals surface area contributed by atoms with Gasteiger partial charge in [0.1, 0.15) is 17.9 Å². The van der Waals surface area contributed by atoms with Gasteiger partial charge in [0.05, 0.1) is 20.3 Å². The lowest BCUT2D eigenvalue weighted by Gasteiger charge is -2.26. The van der Waals surface area contributed by atoms with Crippen LogP contribution in [-0.2, 0) is 22.7 Å². The Bertz CT molecular complexity index is 1490. The molecule has 4 rings (SSSR count). The summed E-state index contributed by atoms with van der Waals surface area (Å²) in [4.78, 5) is 39.8. The third-order valence-electron chi connectivity index (χ3n) is 5.89. The molecule has 1 aliphatic heterocycles. The van der Waals surface area contributed by atoms with Crippen molar-refractivity contribution in [3.8, 4) is 17.2 Å². The average Bonchev–Trinajstić information content (AvgIpc) is 2.92. The summed E-state index contributed by atoms with van der Waals surface area (Å²) in [5, 5.41) is 3.19. The Kier molecular flexibility index (Phi) is 9.73. The van der Waals surface area contributed by atoms with Crippen LogP contribution in [0.4, 0.5) is 4.79 Å². The van der Waals surface area contributed by atoms with Gasteiger partial charge in [-0.1, -0.05) is 58.2 Å². The molecule has 0 unspecified atom stereocenters. The summed E-state index contributed by atoms with van der Waals surface area (Å²) < 4.78 is 17.8. The SMILES string of the molecule is CCCOc1ccc(CN2C(=O)NC(=O)/C(=C\c3cc(Br)ccc3OCc3ccc(Cl)cc3Cl)C2=O)cc1OC. The lowest BCUT2D eigenvalue weighted by atomic mass is 10.1. The first-order chi connectivity index (χ1) is 19.2. The first-order valence-electron chi connectivity index (χ1n) is 12.2. The van der Waals surface area contributed by atoms with Gasteiger partial charge >= 0.3 is 6.03 Å². The Labute approximate surface area is 249 Å². The van der Waals surface area contributed by atoms with Gasteiger partial charge in [0, 0.05) is 25.6 Å². The molecule has 1 N–H and O–H groups in total. The van der Waals surface area contributed by atoms with Crippen molar-refractivity contribution >= 4 is 63.1 Å².